The Labute approximate surface area is 251 Å². The zero-order valence-corrected chi connectivity index (χ0v) is 26.7. The van der Waals surface area contributed by atoms with E-state index in [4.69, 9.17) is 0 Å². The fraction of sp³-hybridized carbons (Fsp3) is 0.676. The number of rotatable bonds is 27. The summed E-state index contributed by atoms with van der Waals surface area (Å²) in [5, 5.41) is 13.0. The molecule has 0 aromatic heterocycles. The summed E-state index contributed by atoms with van der Waals surface area (Å²) in [6.45, 7) is 4.32. The maximum Gasteiger partial charge on any atom is 0.267 e. The van der Waals surface area contributed by atoms with Crippen molar-refractivity contribution in [3.05, 3.63) is 60.8 Å². The molecule has 0 fully saturated rings. The third kappa shape index (κ3) is 29.3. The van der Waals surface area contributed by atoms with Crippen molar-refractivity contribution >= 4 is 16.0 Å². The van der Waals surface area contributed by atoms with E-state index in [2.05, 4.69) is 67.8 Å². The summed E-state index contributed by atoms with van der Waals surface area (Å²) >= 11 is 0. The smallest absolute Gasteiger partial charge is 0.267 e. The predicted octanol–water partition coefficient (Wildman–Crippen LogP) is 8.56. The third-order valence-electron chi connectivity index (χ3n) is 6.68. The van der Waals surface area contributed by atoms with Gasteiger partial charge in [0.25, 0.3) is 10.1 Å². The Morgan fingerprint density at radius 2 is 1.20 bits per heavy atom. The van der Waals surface area contributed by atoms with Gasteiger partial charge in [0, 0.05) is 6.42 Å². The summed E-state index contributed by atoms with van der Waals surface area (Å²) < 4.78 is 32.1. The molecular formula is C34H59NO5S. The summed E-state index contributed by atoms with van der Waals surface area (Å²) in [7, 11) is -4.35. The Hall–Kier alpha value is -1.96. The van der Waals surface area contributed by atoms with Crippen molar-refractivity contribution in [3.8, 4) is 0 Å². The highest BCUT2D eigenvalue weighted by Gasteiger charge is 2.24. The first kappa shape index (κ1) is 39.0. The van der Waals surface area contributed by atoms with Crippen LogP contribution in [0.25, 0.3) is 0 Å². The lowest BCUT2D eigenvalue weighted by molar-refractivity contribution is -0.122. The van der Waals surface area contributed by atoms with Crippen molar-refractivity contribution < 1.29 is 22.9 Å². The van der Waals surface area contributed by atoms with Crippen LogP contribution in [0.4, 0.5) is 0 Å². The Balaban J connectivity index is 4.07. The molecule has 0 aromatic carbocycles. The molecule has 0 heterocycles. The molecule has 0 aromatic rings. The fourth-order valence-electron chi connectivity index (χ4n) is 4.30. The number of allylic oxidation sites excluding steroid dienone is 9. The van der Waals surface area contributed by atoms with Crippen LogP contribution in [-0.4, -0.2) is 41.9 Å². The standard InChI is InChI=1S/C34H59NO5S/c1-3-5-7-9-11-13-14-15-16-17-18-19-20-22-24-26-28-30-34(37)35-32(31-41(38,39)40)33(36)29-27-25-23-21-12-10-8-6-4-2/h5,7,11-13,15-16,21,27,29,32-33,36H,3-4,6,8-10,14,17-20,22-26,28,30-31H2,1-2H3,(H,35,37)(H,38,39,40)/b7-5-,13-11-,16-15-,21-12+,29-27+. The van der Waals surface area contributed by atoms with Gasteiger partial charge in [0.1, 0.15) is 0 Å². The number of carbonyl (C=O) groups is 1. The van der Waals surface area contributed by atoms with Crippen molar-refractivity contribution in [3.63, 3.8) is 0 Å². The van der Waals surface area contributed by atoms with E-state index in [1.165, 1.54) is 44.6 Å². The zero-order valence-electron chi connectivity index (χ0n) is 25.9. The van der Waals surface area contributed by atoms with E-state index < -0.39 is 28.0 Å². The van der Waals surface area contributed by atoms with E-state index in [1.807, 2.05) is 0 Å². The summed E-state index contributed by atoms with van der Waals surface area (Å²) in [6.07, 6.45) is 37.8. The summed E-state index contributed by atoms with van der Waals surface area (Å²) in [5.41, 5.74) is 0. The van der Waals surface area contributed by atoms with E-state index >= 15 is 0 Å². The molecule has 3 N–H and O–H groups in total. The second kappa shape index (κ2) is 28.2. The molecule has 0 rings (SSSR count). The van der Waals surface area contributed by atoms with Gasteiger partial charge in [-0.15, -0.1) is 0 Å². The summed E-state index contributed by atoms with van der Waals surface area (Å²) in [4.78, 5) is 12.4. The van der Waals surface area contributed by atoms with Crippen LogP contribution in [0.5, 0.6) is 0 Å². The SMILES string of the molecule is CC/C=C\C/C=C\C/C=C\CCCCCCCCCC(=O)NC(CS(=O)(=O)O)C(O)/C=C/CC/C=C/CCCCC. The van der Waals surface area contributed by atoms with Gasteiger partial charge < -0.3 is 10.4 Å². The number of amides is 1. The van der Waals surface area contributed by atoms with Crippen molar-refractivity contribution in [1.82, 2.24) is 5.32 Å². The molecule has 0 bridgehead atoms. The van der Waals surface area contributed by atoms with Crippen LogP contribution in [0.15, 0.2) is 60.8 Å². The van der Waals surface area contributed by atoms with Crippen LogP contribution in [0.3, 0.4) is 0 Å². The second-order valence-corrected chi connectivity index (χ2v) is 12.2. The maximum absolute atomic E-state index is 12.4. The van der Waals surface area contributed by atoms with Gasteiger partial charge in [0.2, 0.25) is 5.91 Å². The highest BCUT2D eigenvalue weighted by molar-refractivity contribution is 7.85. The summed E-state index contributed by atoms with van der Waals surface area (Å²) in [5.74, 6) is -1.02. The van der Waals surface area contributed by atoms with Crippen molar-refractivity contribution in [2.24, 2.45) is 0 Å². The van der Waals surface area contributed by atoms with Crippen LogP contribution >= 0.6 is 0 Å². The van der Waals surface area contributed by atoms with Crippen molar-refractivity contribution in [2.75, 3.05) is 5.75 Å². The minimum atomic E-state index is -4.35. The molecule has 0 saturated heterocycles. The number of unbranched alkanes of at least 4 members (excludes halogenated alkanes) is 11. The van der Waals surface area contributed by atoms with Crippen LogP contribution in [0, 0.1) is 0 Å². The van der Waals surface area contributed by atoms with Gasteiger partial charge in [-0.25, -0.2) is 0 Å². The van der Waals surface area contributed by atoms with Gasteiger partial charge in [0.15, 0.2) is 0 Å². The van der Waals surface area contributed by atoms with E-state index in [0.717, 1.165) is 57.8 Å². The normalized spacial score (nSPS) is 14.3. The van der Waals surface area contributed by atoms with Crippen molar-refractivity contribution in [2.45, 2.75) is 142 Å². The number of hydrogen-bond acceptors (Lipinski definition) is 4. The topological polar surface area (TPSA) is 104 Å². The molecule has 0 spiro atoms. The molecule has 0 aliphatic rings. The molecule has 0 radical (unpaired) electrons. The highest BCUT2D eigenvalue weighted by atomic mass is 32.2. The molecular weight excluding hydrogens is 534 g/mol. The minimum absolute atomic E-state index is 0.273. The van der Waals surface area contributed by atoms with E-state index in [0.29, 0.717) is 12.8 Å². The molecule has 2 atom stereocenters. The maximum atomic E-state index is 12.4. The van der Waals surface area contributed by atoms with Gasteiger partial charge >= 0.3 is 0 Å². The molecule has 2 unspecified atom stereocenters. The Bertz CT molecular complexity index is 874. The van der Waals surface area contributed by atoms with E-state index in [-0.39, 0.29) is 12.3 Å². The van der Waals surface area contributed by atoms with Crippen LogP contribution in [0.1, 0.15) is 129 Å². The number of nitrogens with one attached hydrogen (secondary N) is 1. The van der Waals surface area contributed by atoms with Crippen LogP contribution < -0.4 is 5.32 Å². The average Bonchev–Trinajstić information content (AvgIpc) is 2.92. The zero-order chi connectivity index (χ0) is 30.4. The Morgan fingerprint density at radius 1 is 0.683 bits per heavy atom. The lowest BCUT2D eigenvalue weighted by atomic mass is 10.1. The average molecular weight is 594 g/mol. The minimum Gasteiger partial charge on any atom is -0.387 e. The van der Waals surface area contributed by atoms with Gasteiger partial charge in [0.05, 0.1) is 17.9 Å². The van der Waals surface area contributed by atoms with Gasteiger partial charge in [-0.05, 0) is 64.2 Å². The van der Waals surface area contributed by atoms with Crippen LogP contribution in [-0.2, 0) is 14.9 Å². The number of aliphatic hydroxyl groups excluding tert-OH is 1. The molecule has 1 amide bonds. The van der Waals surface area contributed by atoms with E-state index in [1.54, 1.807) is 6.08 Å². The lowest BCUT2D eigenvalue weighted by Gasteiger charge is -2.21. The molecule has 6 nitrogen and oxygen atoms in total. The lowest BCUT2D eigenvalue weighted by Crippen LogP contribution is -2.46. The van der Waals surface area contributed by atoms with Gasteiger partial charge in [-0.3, -0.25) is 9.35 Å². The monoisotopic (exact) mass is 593 g/mol. The van der Waals surface area contributed by atoms with Crippen molar-refractivity contribution in [1.29, 1.82) is 0 Å². The largest absolute Gasteiger partial charge is 0.387 e. The molecule has 0 saturated carbocycles. The quantitative estimate of drug-likeness (QED) is 0.0503. The molecule has 7 heteroatoms. The third-order valence-corrected chi connectivity index (χ3v) is 7.46. The molecule has 41 heavy (non-hydrogen) atoms. The first-order valence-corrected chi connectivity index (χ1v) is 17.6. The van der Waals surface area contributed by atoms with Crippen LogP contribution in [0.2, 0.25) is 0 Å². The number of carbonyl (C=O) groups excluding carboxylic acids is 1. The molecule has 236 valence electrons. The Morgan fingerprint density at radius 3 is 1.83 bits per heavy atom. The second-order valence-electron chi connectivity index (χ2n) is 10.7. The fourth-order valence-corrected chi connectivity index (χ4v) is 5.03. The molecule has 0 aliphatic heterocycles. The van der Waals surface area contributed by atoms with Gasteiger partial charge in [-0.2, -0.15) is 8.42 Å². The Kier molecular flexibility index (Phi) is 26.8. The molecule has 0 aliphatic carbocycles. The predicted molar refractivity (Wildman–Crippen MR) is 175 cm³/mol. The highest BCUT2D eigenvalue weighted by Crippen LogP contribution is 2.11. The first-order valence-electron chi connectivity index (χ1n) is 16.0. The number of hydrogen-bond donors (Lipinski definition) is 3. The summed E-state index contributed by atoms with van der Waals surface area (Å²) in [6, 6.07) is -1.08. The van der Waals surface area contributed by atoms with Gasteiger partial charge in [-0.1, -0.05) is 120 Å². The number of aliphatic hydroxyl groups is 1. The first-order chi connectivity index (χ1) is 19.8. The van der Waals surface area contributed by atoms with E-state index in [9.17, 15) is 22.9 Å².